The summed E-state index contributed by atoms with van der Waals surface area (Å²) in [6.45, 7) is -0.0446. The van der Waals surface area contributed by atoms with Gasteiger partial charge >= 0.3 is 0 Å². The standard InChI is InChI=1S/C13H16N2O4S2/c16-13-8-19-12-2-1-10(7-11(12)14-13)21(17,18)15-9-3-5-20-6-4-9/h1-2,7,9,15H,3-6,8H2,(H,14,16). The molecule has 0 unspecified atom stereocenters. The molecule has 1 fully saturated rings. The lowest BCUT2D eigenvalue weighted by Gasteiger charge is -2.23. The van der Waals surface area contributed by atoms with Gasteiger partial charge in [0.05, 0.1) is 10.6 Å². The third-order valence-electron chi connectivity index (χ3n) is 3.44. The van der Waals surface area contributed by atoms with Gasteiger partial charge in [-0.1, -0.05) is 0 Å². The first-order valence-electron chi connectivity index (χ1n) is 6.71. The number of fused-ring (bicyclic) bond motifs is 1. The minimum Gasteiger partial charge on any atom is -0.482 e. The number of carbonyl (C=O) groups is 1. The van der Waals surface area contributed by atoms with Gasteiger partial charge in [0.15, 0.2) is 6.61 Å². The van der Waals surface area contributed by atoms with E-state index in [2.05, 4.69) is 10.0 Å². The maximum Gasteiger partial charge on any atom is 0.262 e. The van der Waals surface area contributed by atoms with Gasteiger partial charge in [0.25, 0.3) is 5.91 Å². The van der Waals surface area contributed by atoms with Crippen molar-refractivity contribution in [2.24, 2.45) is 0 Å². The minimum atomic E-state index is -3.58. The fourth-order valence-electron chi connectivity index (χ4n) is 2.33. The summed E-state index contributed by atoms with van der Waals surface area (Å²) in [6, 6.07) is 4.49. The van der Waals surface area contributed by atoms with Crippen molar-refractivity contribution >= 4 is 33.4 Å². The quantitative estimate of drug-likeness (QED) is 0.871. The lowest BCUT2D eigenvalue weighted by molar-refractivity contribution is -0.118. The molecule has 0 spiro atoms. The van der Waals surface area contributed by atoms with Crippen LogP contribution >= 0.6 is 11.8 Å². The van der Waals surface area contributed by atoms with Crippen LogP contribution in [0.3, 0.4) is 0 Å². The zero-order chi connectivity index (χ0) is 14.9. The van der Waals surface area contributed by atoms with Crippen LogP contribution in [-0.2, 0) is 14.8 Å². The predicted molar refractivity (Wildman–Crippen MR) is 81.2 cm³/mol. The Labute approximate surface area is 127 Å². The molecule has 0 radical (unpaired) electrons. The number of ether oxygens (including phenoxy) is 1. The second-order valence-corrected chi connectivity index (χ2v) is 7.94. The molecule has 2 aliphatic rings. The second-order valence-electron chi connectivity index (χ2n) is 5.00. The van der Waals surface area contributed by atoms with E-state index in [1.807, 2.05) is 11.8 Å². The van der Waals surface area contributed by atoms with E-state index in [0.29, 0.717) is 11.4 Å². The Balaban J connectivity index is 1.81. The van der Waals surface area contributed by atoms with Gasteiger partial charge in [0.1, 0.15) is 5.75 Å². The van der Waals surface area contributed by atoms with Crippen LogP contribution in [0.4, 0.5) is 5.69 Å². The Hall–Kier alpha value is -1.25. The lowest BCUT2D eigenvalue weighted by Crippen LogP contribution is -2.37. The van der Waals surface area contributed by atoms with Crippen molar-refractivity contribution in [1.29, 1.82) is 0 Å². The van der Waals surface area contributed by atoms with E-state index in [1.165, 1.54) is 12.1 Å². The molecule has 1 aromatic rings. The first kappa shape index (κ1) is 14.7. The van der Waals surface area contributed by atoms with E-state index in [0.717, 1.165) is 24.3 Å². The van der Waals surface area contributed by atoms with E-state index in [-0.39, 0.29) is 23.5 Å². The molecule has 6 nitrogen and oxygen atoms in total. The predicted octanol–water partition coefficient (Wildman–Crippen LogP) is 1.19. The highest BCUT2D eigenvalue weighted by Crippen LogP contribution is 2.30. The second kappa shape index (κ2) is 5.86. The summed E-state index contributed by atoms with van der Waals surface area (Å²) in [5.41, 5.74) is 0.397. The Morgan fingerprint density at radius 3 is 2.81 bits per heavy atom. The van der Waals surface area contributed by atoms with E-state index in [9.17, 15) is 13.2 Å². The molecular formula is C13H16N2O4S2. The third-order valence-corrected chi connectivity index (χ3v) is 6.00. The van der Waals surface area contributed by atoms with Crippen molar-refractivity contribution in [2.75, 3.05) is 23.4 Å². The molecular weight excluding hydrogens is 312 g/mol. The number of amides is 1. The summed E-state index contributed by atoms with van der Waals surface area (Å²) in [7, 11) is -3.58. The SMILES string of the molecule is O=C1COc2ccc(S(=O)(=O)NC3CCSCC3)cc2N1. The summed E-state index contributed by atoms with van der Waals surface area (Å²) in [6.07, 6.45) is 1.68. The van der Waals surface area contributed by atoms with E-state index in [1.54, 1.807) is 6.07 Å². The van der Waals surface area contributed by atoms with E-state index in [4.69, 9.17) is 4.74 Å². The van der Waals surface area contributed by atoms with Crippen LogP contribution < -0.4 is 14.8 Å². The fraction of sp³-hybridized carbons (Fsp3) is 0.462. The maximum absolute atomic E-state index is 12.4. The van der Waals surface area contributed by atoms with Crippen LogP contribution in [0.1, 0.15) is 12.8 Å². The van der Waals surface area contributed by atoms with Crippen LogP contribution in [0.5, 0.6) is 5.75 Å². The van der Waals surface area contributed by atoms with Gasteiger partial charge in [-0.05, 0) is 42.5 Å². The zero-order valence-corrected chi connectivity index (χ0v) is 12.9. The van der Waals surface area contributed by atoms with Gasteiger partial charge in [-0.25, -0.2) is 13.1 Å². The largest absolute Gasteiger partial charge is 0.482 e. The smallest absolute Gasteiger partial charge is 0.262 e. The Morgan fingerprint density at radius 1 is 1.29 bits per heavy atom. The molecule has 3 rings (SSSR count). The highest BCUT2D eigenvalue weighted by Gasteiger charge is 2.24. The average molecular weight is 328 g/mol. The number of sulfonamides is 1. The monoisotopic (exact) mass is 328 g/mol. The number of hydrogen-bond donors (Lipinski definition) is 2. The summed E-state index contributed by atoms with van der Waals surface area (Å²) >= 11 is 1.84. The Kier molecular flexibility index (Phi) is 4.10. The molecule has 0 bridgehead atoms. The first-order valence-corrected chi connectivity index (χ1v) is 9.35. The average Bonchev–Trinajstić information content (AvgIpc) is 2.47. The number of thioether (sulfide) groups is 1. The molecule has 1 amide bonds. The fourth-order valence-corrected chi connectivity index (χ4v) is 4.77. The molecule has 1 aromatic carbocycles. The van der Waals surface area contributed by atoms with Crippen LogP contribution in [0, 0.1) is 0 Å². The topological polar surface area (TPSA) is 84.5 Å². The maximum atomic E-state index is 12.4. The van der Waals surface area contributed by atoms with Crippen LogP contribution in [0.2, 0.25) is 0 Å². The molecule has 114 valence electrons. The van der Waals surface area contributed by atoms with Crippen molar-refractivity contribution in [1.82, 2.24) is 4.72 Å². The molecule has 2 N–H and O–H groups in total. The Bertz CT molecular complexity index is 654. The van der Waals surface area contributed by atoms with Crippen LogP contribution in [0.15, 0.2) is 23.1 Å². The summed E-state index contributed by atoms with van der Waals surface area (Å²) in [5, 5.41) is 2.62. The summed E-state index contributed by atoms with van der Waals surface area (Å²) < 4.78 is 32.8. The number of benzene rings is 1. The van der Waals surface area contributed by atoms with Gasteiger partial charge in [-0.2, -0.15) is 11.8 Å². The lowest BCUT2D eigenvalue weighted by atomic mass is 10.2. The molecule has 1 saturated heterocycles. The number of rotatable bonds is 3. The van der Waals surface area contributed by atoms with Crippen molar-refractivity contribution in [2.45, 2.75) is 23.8 Å². The summed E-state index contributed by atoms with van der Waals surface area (Å²) in [4.78, 5) is 11.4. The molecule has 0 saturated carbocycles. The van der Waals surface area contributed by atoms with Crippen molar-refractivity contribution < 1.29 is 17.9 Å². The molecule has 8 heteroatoms. The molecule has 21 heavy (non-hydrogen) atoms. The first-order chi connectivity index (χ1) is 10.0. The van der Waals surface area contributed by atoms with E-state index >= 15 is 0 Å². The molecule has 0 atom stereocenters. The number of hydrogen-bond acceptors (Lipinski definition) is 5. The zero-order valence-electron chi connectivity index (χ0n) is 11.3. The number of carbonyl (C=O) groups excluding carboxylic acids is 1. The van der Waals surface area contributed by atoms with Crippen molar-refractivity contribution in [3.05, 3.63) is 18.2 Å². The summed E-state index contributed by atoms with van der Waals surface area (Å²) in [5.74, 6) is 2.15. The van der Waals surface area contributed by atoms with Gasteiger partial charge in [0, 0.05) is 6.04 Å². The molecule has 0 aromatic heterocycles. The van der Waals surface area contributed by atoms with Crippen LogP contribution in [-0.4, -0.2) is 38.5 Å². The molecule has 0 aliphatic carbocycles. The highest BCUT2D eigenvalue weighted by atomic mass is 32.2. The molecule has 2 heterocycles. The number of nitrogens with one attached hydrogen (secondary N) is 2. The minimum absolute atomic E-state index is 0.0156. The highest BCUT2D eigenvalue weighted by molar-refractivity contribution is 7.99. The Morgan fingerprint density at radius 2 is 2.05 bits per heavy atom. The van der Waals surface area contributed by atoms with Crippen LogP contribution in [0.25, 0.3) is 0 Å². The van der Waals surface area contributed by atoms with Crippen molar-refractivity contribution in [3.8, 4) is 5.75 Å². The molecule has 2 aliphatic heterocycles. The van der Waals surface area contributed by atoms with Gasteiger partial charge in [-0.3, -0.25) is 4.79 Å². The number of anilines is 1. The van der Waals surface area contributed by atoms with Gasteiger partial charge in [0.2, 0.25) is 10.0 Å². The normalized spacial score (nSPS) is 19.5. The van der Waals surface area contributed by atoms with Gasteiger partial charge in [-0.15, -0.1) is 0 Å². The van der Waals surface area contributed by atoms with Gasteiger partial charge < -0.3 is 10.1 Å². The van der Waals surface area contributed by atoms with Crippen molar-refractivity contribution in [3.63, 3.8) is 0 Å². The third kappa shape index (κ3) is 3.33. The van der Waals surface area contributed by atoms with E-state index < -0.39 is 10.0 Å².